The van der Waals surface area contributed by atoms with Crippen molar-refractivity contribution in [1.82, 2.24) is 4.90 Å². The third-order valence-corrected chi connectivity index (χ3v) is 5.90. The van der Waals surface area contributed by atoms with Gasteiger partial charge in [-0.2, -0.15) is 0 Å². The molecular weight excluding hydrogens is 352 g/mol. The number of ether oxygens (including phenoxy) is 1. The summed E-state index contributed by atoms with van der Waals surface area (Å²) in [4.78, 5) is 39.2. The van der Waals surface area contributed by atoms with Gasteiger partial charge in [-0.15, -0.1) is 11.8 Å². The smallest absolute Gasteiger partial charge is 0.307 e. The maximum Gasteiger partial charge on any atom is 0.307 e. The van der Waals surface area contributed by atoms with Gasteiger partial charge in [0.1, 0.15) is 0 Å². The average Bonchev–Trinajstić information content (AvgIpc) is 2.60. The van der Waals surface area contributed by atoms with E-state index in [9.17, 15) is 14.4 Å². The van der Waals surface area contributed by atoms with Crippen molar-refractivity contribution in [2.45, 2.75) is 48.7 Å². The largest absolute Gasteiger partial charge is 0.456 e. The second-order valence-electron chi connectivity index (χ2n) is 6.61. The molecule has 140 valence electrons. The highest BCUT2D eigenvalue weighted by molar-refractivity contribution is 8.01. The van der Waals surface area contributed by atoms with Gasteiger partial charge < -0.3 is 15.0 Å². The van der Waals surface area contributed by atoms with Crippen molar-refractivity contribution in [3.63, 3.8) is 0 Å². The van der Waals surface area contributed by atoms with Crippen LogP contribution in [0.2, 0.25) is 0 Å². The van der Waals surface area contributed by atoms with Crippen LogP contribution in [0.25, 0.3) is 0 Å². The number of nitrogens with zero attached hydrogens (tertiary/aromatic N) is 1. The Balaban J connectivity index is 1.46. The molecule has 7 heteroatoms. The lowest BCUT2D eigenvalue weighted by Crippen LogP contribution is -2.37. The highest BCUT2D eigenvalue weighted by Crippen LogP contribution is 2.36. The van der Waals surface area contributed by atoms with Crippen molar-refractivity contribution in [2.24, 2.45) is 0 Å². The third kappa shape index (κ3) is 5.00. The van der Waals surface area contributed by atoms with E-state index in [0.717, 1.165) is 49.4 Å². The SMILES string of the molecule is O=C(CC1Sc2ccccc2NC1=O)OCC(=O)N1CCCCCCC1. The Bertz CT molecular complexity index is 671. The van der Waals surface area contributed by atoms with E-state index in [0.29, 0.717) is 0 Å². The molecule has 0 aromatic heterocycles. The molecule has 0 bridgehead atoms. The first-order valence-electron chi connectivity index (χ1n) is 9.13. The lowest BCUT2D eigenvalue weighted by Gasteiger charge is -2.25. The van der Waals surface area contributed by atoms with Gasteiger partial charge in [-0.3, -0.25) is 14.4 Å². The first-order chi connectivity index (χ1) is 12.6. The number of anilines is 1. The normalized spacial score (nSPS) is 20.4. The number of carbonyl (C=O) groups excluding carboxylic acids is 3. The lowest BCUT2D eigenvalue weighted by atomic mass is 10.1. The van der Waals surface area contributed by atoms with Gasteiger partial charge >= 0.3 is 5.97 Å². The summed E-state index contributed by atoms with van der Waals surface area (Å²) < 4.78 is 5.14. The molecule has 0 saturated carbocycles. The zero-order valence-electron chi connectivity index (χ0n) is 14.7. The topological polar surface area (TPSA) is 75.7 Å². The summed E-state index contributed by atoms with van der Waals surface area (Å²) in [6, 6.07) is 7.48. The monoisotopic (exact) mass is 376 g/mol. The van der Waals surface area contributed by atoms with Crippen molar-refractivity contribution < 1.29 is 19.1 Å². The Hall–Kier alpha value is -2.02. The summed E-state index contributed by atoms with van der Waals surface area (Å²) in [5.74, 6) is -0.871. The van der Waals surface area contributed by atoms with Crippen LogP contribution in [-0.4, -0.2) is 47.6 Å². The number of benzene rings is 1. The molecule has 0 spiro atoms. The van der Waals surface area contributed by atoms with E-state index in [-0.39, 0.29) is 24.8 Å². The molecule has 26 heavy (non-hydrogen) atoms. The third-order valence-electron chi connectivity index (χ3n) is 4.62. The highest BCUT2D eigenvalue weighted by atomic mass is 32.2. The van der Waals surface area contributed by atoms with E-state index in [1.54, 1.807) is 4.90 Å². The molecule has 1 N–H and O–H groups in total. The predicted octanol–water partition coefficient (Wildman–Crippen LogP) is 2.83. The van der Waals surface area contributed by atoms with Gasteiger partial charge in [0.25, 0.3) is 5.91 Å². The van der Waals surface area contributed by atoms with Gasteiger partial charge in [0.15, 0.2) is 6.61 Å². The Morgan fingerprint density at radius 3 is 2.58 bits per heavy atom. The lowest BCUT2D eigenvalue weighted by molar-refractivity contribution is -0.152. The van der Waals surface area contributed by atoms with Crippen molar-refractivity contribution in [3.8, 4) is 0 Å². The zero-order valence-corrected chi connectivity index (χ0v) is 15.6. The summed E-state index contributed by atoms with van der Waals surface area (Å²) in [6.07, 6.45) is 5.45. The number of thioether (sulfide) groups is 1. The Morgan fingerprint density at radius 1 is 1.12 bits per heavy atom. The number of carbonyl (C=O) groups is 3. The molecule has 1 atom stereocenters. The number of rotatable bonds is 4. The van der Waals surface area contributed by atoms with Crippen LogP contribution >= 0.6 is 11.8 Å². The molecule has 2 amide bonds. The molecule has 6 nitrogen and oxygen atoms in total. The molecule has 3 rings (SSSR count). The minimum absolute atomic E-state index is 0.0435. The van der Waals surface area contributed by atoms with Crippen LogP contribution in [0.4, 0.5) is 5.69 Å². The molecular formula is C19H24N2O4S. The fourth-order valence-electron chi connectivity index (χ4n) is 3.17. The van der Waals surface area contributed by atoms with Crippen LogP contribution < -0.4 is 5.32 Å². The fourth-order valence-corrected chi connectivity index (χ4v) is 4.26. The van der Waals surface area contributed by atoms with Crippen molar-refractivity contribution >= 4 is 35.2 Å². The fraction of sp³-hybridized carbons (Fsp3) is 0.526. The van der Waals surface area contributed by atoms with Crippen LogP contribution in [-0.2, 0) is 19.1 Å². The van der Waals surface area contributed by atoms with E-state index in [4.69, 9.17) is 4.74 Å². The van der Waals surface area contributed by atoms with E-state index >= 15 is 0 Å². The summed E-state index contributed by atoms with van der Waals surface area (Å²) in [5.41, 5.74) is 0.763. The van der Waals surface area contributed by atoms with Crippen LogP contribution in [0.5, 0.6) is 0 Å². The maximum atomic E-state index is 12.3. The molecule has 1 fully saturated rings. The number of para-hydroxylation sites is 1. The van der Waals surface area contributed by atoms with Gasteiger partial charge in [0.05, 0.1) is 17.4 Å². The number of amides is 2. The molecule has 1 unspecified atom stereocenters. The standard InChI is InChI=1S/C19H24N2O4S/c22-17(21-10-6-2-1-3-7-11-21)13-25-18(23)12-16-19(24)20-14-8-4-5-9-15(14)26-16/h4-5,8-9,16H,1-3,6-7,10-13H2,(H,20,24). The van der Waals surface area contributed by atoms with Crippen molar-refractivity contribution in [3.05, 3.63) is 24.3 Å². The van der Waals surface area contributed by atoms with E-state index < -0.39 is 11.2 Å². The minimum atomic E-state index is -0.533. The molecule has 0 aliphatic carbocycles. The number of likely N-dealkylation sites (tertiary alicyclic amines) is 1. The van der Waals surface area contributed by atoms with E-state index in [1.807, 2.05) is 24.3 Å². The molecule has 0 radical (unpaired) electrons. The number of fused-ring (bicyclic) bond motifs is 1. The highest BCUT2D eigenvalue weighted by Gasteiger charge is 2.29. The molecule has 2 aliphatic heterocycles. The van der Waals surface area contributed by atoms with Gasteiger partial charge in [-0.05, 0) is 25.0 Å². The van der Waals surface area contributed by atoms with E-state index in [2.05, 4.69) is 5.32 Å². The molecule has 1 aromatic rings. The van der Waals surface area contributed by atoms with Crippen LogP contribution in [0.15, 0.2) is 29.2 Å². The summed E-state index contributed by atoms with van der Waals surface area (Å²) in [6.45, 7) is 1.22. The number of nitrogens with one attached hydrogen (secondary N) is 1. The molecule has 2 aliphatic rings. The van der Waals surface area contributed by atoms with Crippen LogP contribution in [0.1, 0.15) is 38.5 Å². The quantitative estimate of drug-likeness (QED) is 0.818. The Kier molecular flexibility index (Phi) is 6.55. The van der Waals surface area contributed by atoms with Crippen LogP contribution in [0.3, 0.4) is 0 Å². The summed E-state index contributed by atoms with van der Waals surface area (Å²) >= 11 is 1.35. The van der Waals surface area contributed by atoms with Crippen molar-refractivity contribution in [1.29, 1.82) is 0 Å². The zero-order chi connectivity index (χ0) is 18.4. The minimum Gasteiger partial charge on any atom is -0.456 e. The first kappa shape index (κ1) is 18.8. The molecule has 1 saturated heterocycles. The second kappa shape index (κ2) is 9.07. The van der Waals surface area contributed by atoms with Crippen LogP contribution in [0, 0.1) is 0 Å². The van der Waals surface area contributed by atoms with Crippen molar-refractivity contribution in [2.75, 3.05) is 25.0 Å². The van der Waals surface area contributed by atoms with Gasteiger partial charge in [0, 0.05) is 18.0 Å². The summed E-state index contributed by atoms with van der Waals surface area (Å²) in [7, 11) is 0. The summed E-state index contributed by atoms with van der Waals surface area (Å²) in [5, 5.41) is 2.27. The second-order valence-corrected chi connectivity index (χ2v) is 7.85. The average molecular weight is 376 g/mol. The maximum absolute atomic E-state index is 12.3. The predicted molar refractivity (Wildman–Crippen MR) is 100.0 cm³/mol. The number of hydrogen-bond donors (Lipinski definition) is 1. The Labute approximate surface area is 157 Å². The Morgan fingerprint density at radius 2 is 1.81 bits per heavy atom. The number of esters is 1. The van der Waals surface area contributed by atoms with Gasteiger partial charge in [0.2, 0.25) is 5.91 Å². The molecule has 1 aromatic carbocycles. The first-order valence-corrected chi connectivity index (χ1v) is 10.0. The molecule has 2 heterocycles. The van der Waals surface area contributed by atoms with Gasteiger partial charge in [-0.1, -0.05) is 31.4 Å². The van der Waals surface area contributed by atoms with Gasteiger partial charge in [-0.25, -0.2) is 0 Å². The number of hydrogen-bond acceptors (Lipinski definition) is 5. The van der Waals surface area contributed by atoms with E-state index in [1.165, 1.54) is 18.2 Å².